The van der Waals surface area contributed by atoms with Gasteiger partial charge in [0.2, 0.25) is 0 Å². The van der Waals surface area contributed by atoms with Crippen molar-refractivity contribution in [1.82, 2.24) is 9.55 Å². The summed E-state index contributed by atoms with van der Waals surface area (Å²) < 4.78 is 1.40. The standard InChI is InChI=1S/C12H12N4O2/c13-11-10(12(14)18)15-7-16(11)6-9(17)8-4-2-1-3-5-8/h1-5,7H,6,13H2,(H2,14,18). The van der Waals surface area contributed by atoms with E-state index >= 15 is 0 Å². The molecule has 6 heteroatoms. The molecule has 0 aliphatic heterocycles. The number of benzene rings is 1. The molecule has 4 N–H and O–H groups in total. The average Bonchev–Trinajstić information content (AvgIpc) is 2.72. The number of hydrogen-bond donors (Lipinski definition) is 2. The van der Waals surface area contributed by atoms with Gasteiger partial charge in [0.25, 0.3) is 5.91 Å². The molecule has 18 heavy (non-hydrogen) atoms. The zero-order valence-corrected chi connectivity index (χ0v) is 9.54. The Morgan fingerprint density at radius 2 is 1.89 bits per heavy atom. The van der Waals surface area contributed by atoms with E-state index in [1.807, 2.05) is 6.07 Å². The number of imidazole rings is 1. The van der Waals surface area contributed by atoms with E-state index in [1.165, 1.54) is 10.9 Å². The van der Waals surface area contributed by atoms with Crippen molar-refractivity contribution in [2.75, 3.05) is 5.73 Å². The number of carbonyl (C=O) groups is 2. The Kier molecular flexibility index (Phi) is 3.09. The third-order valence-corrected chi connectivity index (χ3v) is 2.52. The summed E-state index contributed by atoms with van der Waals surface area (Å²) in [6, 6.07) is 8.81. The highest BCUT2D eigenvalue weighted by molar-refractivity contribution is 5.97. The van der Waals surface area contributed by atoms with Gasteiger partial charge in [-0.3, -0.25) is 9.59 Å². The number of anilines is 1. The highest BCUT2D eigenvalue weighted by Gasteiger charge is 2.15. The lowest BCUT2D eigenvalue weighted by atomic mass is 10.1. The number of rotatable bonds is 4. The van der Waals surface area contributed by atoms with Gasteiger partial charge < -0.3 is 16.0 Å². The lowest BCUT2D eigenvalue weighted by Crippen LogP contribution is -2.16. The zero-order chi connectivity index (χ0) is 13.1. The van der Waals surface area contributed by atoms with Gasteiger partial charge in [-0.2, -0.15) is 0 Å². The number of nitrogens with two attached hydrogens (primary N) is 2. The normalized spacial score (nSPS) is 10.2. The van der Waals surface area contributed by atoms with E-state index < -0.39 is 5.91 Å². The third-order valence-electron chi connectivity index (χ3n) is 2.52. The highest BCUT2D eigenvalue weighted by atomic mass is 16.1. The molecule has 0 radical (unpaired) electrons. The Bertz CT molecular complexity index is 589. The summed E-state index contributed by atoms with van der Waals surface area (Å²) in [5, 5.41) is 0. The first-order valence-corrected chi connectivity index (χ1v) is 5.28. The number of nitrogen functional groups attached to an aromatic ring is 1. The minimum atomic E-state index is -0.710. The van der Waals surface area contributed by atoms with Crippen LogP contribution in [0.15, 0.2) is 36.7 Å². The Morgan fingerprint density at radius 1 is 1.22 bits per heavy atom. The lowest BCUT2D eigenvalue weighted by Gasteiger charge is -2.04. The Hall–Kier alpha value is -2.63. The molecule has 0 saturated heterocycles. The summed E-state index contributed by atoms with van der Waals surface area (Å²) in [6.07, 6.45) is 1.33. The van der Waals surface area contributed by atoms with Crippen LogP contribution in [0.3, 0.4) is 0 Å². The van der Waals surface area contributed by atoms with Crippen LogP contribution in [-0.2, 0) is 6.54 Å². The topological polar surface area (TPSA) is 104 Å². The van der Waals surface area contributed by atoms with Crippen molar-refractivity contribution in [2.24, 2.45) is 5.73 Å². The molecule has 0 bridgehead atoms. The molecule has 6 nitrogen and oxygen atoms in total. The largest absolute Gasteiger partial charge is 0.383 e. The fourth-order valence-corrected chi connectivity index (χ4v) is 1.58. The van der Waals surface area contributed by atoms with E-state index in [1.54, 1.807) is 24.3 Å². The molecule has 0 fully saturated rings. The Morgan fingerprint density at radius 3 is 2.44 bits per heavy atom. The van der Waals surface area contributed by atoms with Crippen LogP contribution in [0.25, 0.3) is 0 Å². The number of ketones is 1. The van der Waals surface area contributed by atoms with Gasteiger partial charge in [0.05, 0.1) is 12.9 Å². The van der Waals surface area contributed by atoms with Gasteiger partial charge in [0, 0.05) is 5.56 Å². The van der Waals surface area contributed by atoms with Gasteiger partial charge >= 0.3 is 0 Å². The van der Waals surface area contributed by atoms with Crippen LogP contribution in [0.2, 0.25) is 0 Å². The van der Waals surface area contributed by atoms with Crippen LogP contribution in [-0.4, -0.2) is 21.2 Å². The minimum Gasteiger partial charge on any atom is -0.383 e. The molecule has 0 saturated carbocycles. The van der Waals surface area contributed by atoms with Crippen LogP contribution >= 0.6 is 0 Å². The Balaban J connectivity index is 2.20. The van der Waals surface area contributed by atoms with Crippen LogP contribution in [0, 0.1) is 0 Å². The summed E-state index contributed by atoms with van der Waals surface area (Å²) in [6.45, 7) is 0.0239. The zero-order valence-electron chi connectivity index (χ0n) is 9.54. The van der Waals surface area contributed by atoms with Gasteiger partial charge in [-0.05, 0) is 0 Å². The van der Waals surface area contributed by atoms with Crippen molar-refractivity contribution >= 4 is 17.5 Å². The fourth-order valence-electron chi connectivity index (χ4n) is 1.58. The molecule has 1 heterocycles. The van der Waals surface area contributed by atoms with E-state index in [0.29, 0.717) is 5.56 Å². The van der Waals surface area contributed by atoms with E-state index in [9.17, 15) is 9.59 Å². The molecule has 92 valence electrons. The number of amides is 1. The van der Waals surface area contributed by atoms with Crippen molar-refractivity contribution in [3.8, 4) is 0 Å². The summed E-state index contributed by atoms with van der Waals surface area (Å²) >= 11 is 0. The second kappa shape index (κ2) is 4.70. The van der Waals surface area contributed by atoms with Gasteiger partial charge in [-0.15, -0.1) is 0 Å². The predicted octanol–water partition coefficient (Wildman–Crippen LogP) is 0.447. The first-order chi connectivity index (χ1) is 8.59. The highest BCUT2D eigenvalue weighted by Crippen LogP contribution is 2.11. The van der Waals surface area contributed by atoms with Crippen molar-refractivity contribution in [1.29, 1.82) is 0 Å². The third kappa shape index (κ3) is 2.22. The van der Waals surface area contributed by atoms with Crippen LogP contribution in [0.5, 0.6) is 0 Å². The van der Waals surface area contributed by atoms with E-state index in [4.69, 9.17) is 11.5 Å². The van der Waals surface area contributed by atoms with Crippen molar-refractivity contribution in [3.05, 3.63) is 47.9 Å². The second-order valence-electron chi connectivity index (χ2n) is 3.76. The number of carbonyl (C=O) groups excluding carboxylic acids is 2. The summed E-state index contributed by atoms with van der Waals surface area (Å²) in [5.41, 5.74) is 11.3. The molecule has 0 unspecified atom stereocenters. The first kappa shape index (κ1) is 11.8. The molecule has 0 atom stereocenters. The molecule has 0 aliphatic rings. The molecule has 2 rings (SSSR count). The summed E-state index contributed by atoms with van der Waals surface area (Å²) in [5.74, 6) is -0.721. The second-order valence-corrected chi connectivity index (χ2v) is 3.76. The molecule has 0 spiro atoms. The predicted molar refractivity (Wildman–Crippen MR) is 65.9 cm³/mol. The quantitative estimate of drug-likeness (QED) is 0.761. The molecule has 1 aromatic carbocycles. The van der Waals surface area contributed by atoms with Gasteiger partial charge in [-0.25, -0.2) is 4.98 Å². The number of primary amides is 1. The molecule has 0 aliphatic carbocycles. The maximum atomic E-state index is 11.9. The maximum Gasteiger partial charge on any atom is 0.271 e. The number of Topliss-reactive ketones (excluding diaryl/α,β-unsaturated/α-hetero) is 1. The van der Waals surface area contributed by atoms with Crippen LogP contribution < -0.4 is 11.5 Å². The molecular weight excluding hydrogens is 232 g/mol. The van der Waals surface area contributed by atoms with E-state index in [-0.39, 0.29) is 23.8 Å². The van der Waals surface area contributed by atoms with Crippen molar-refractivity contribution in [2.45, 2.75) is 6.54 Å². The van der Waals surface area contributed by atoms with Crippen molar-refractivity contribution < 1.29 is 9.59 Å². The Labute approximate surface area is 103 Å². The minimum absolute atomic E-state index is 0.0177. The van der Waals surface area contributed by atoms with Crippen molar-refractivity contribution in [3.63, 3.8) is 0 Å². The van der Waals surface area contributed by atoms with Gasteiger partial charge in [-0.1, -0.05) is 30.3 Å². The molecule has 2 aromatic rings. The number of hydrogen-bond acceptors (Lipinski definition) is 4. The first-order valence-electron chi connectivity index (χ1n) is 5.28. The van der Waals surface area contributed by atoms with Crippen LogP contribution in [0.1, 0.15) is 20.8 Å². The van der Waals surface area contributed by atoms with Crippen LogP contribution in [0.4, 0.5) is 5.82 Å². The fraction of sp³-hybridized carbons (Fsp3) is 0.0833. The lowest BCUT2D eigenvalue weighted by molar-refractivity contribution is 0.0968. The average molecular weight is 244 g/mol. The van der Waals surface area contributed by atoms with E-state index in [0.717, 1.165) is 0 Å². The number of nitrogens with zero attached hydrogens (tertiary/aromatic N) is 2. The molecule has 1 amide bonds. The molecule has 1 aromatic heterocycles. The SMILES string of the molecule is NC(=O)c1ncn(CC(=O)c2ccccc2)c1N. The monoisotopic (exact) mass is 244 g/mol. The summed E-state index contributed by atoms with van der Waals surface area (Å²) in [4.78, 5) is 26.7. The van der Waals surface area contributed by atoms with Gasteiger partial charge in [0.15, 0.2) is 11.5 Å². The number of aromatic nitrogens is 2. The smallest absolute Gasteiger partial charge is 0.271 e. The van der Waals surface area contributed by atoms with E-state index in [2.05, 4.69) is 4.98 Å². The molecular formula is C12H12N4O2. The van der Waals surface area contributed by atoms with Gasteiger partial charge in [0.1, 0.15) is 5.82 Å². The summed E-state index contributed by atoms with van der Waals surface area (Å²) in [7, 11) is 0. The maximum absolute atomic E-state index is 11.9.